The summed E-state index contributed by atoms with van der Waals surface area (Å²) in [5, 5.41) is 0.293. The molecule has 2 aromatic rings. The van der Waals surface area contributed by atoms with Gasteiger partial charge in [-0.15, -0.1) is 12.4 Å². The molecule has 25 heavy (non-hydrogen) atoms. The van der Waals surface area contributed by atoms with Gasteiger partial charge >= 0.3 is 0 Å². The van der Waals surface area contributed by atoms with Gasteiger partial charge in [-0.2, -0.15) is 4.31 Å². The van der Waals surface area contributed by atoms with E-state index in [0.717, 1.165) is 5.56 Å². The zero-order valence-electron chi connectivity index (χ0n) is 13.5. The monoisotopic (exact) mass is 420 g/mol. The summed E-state index contributed by atoms with van der Waals surface area (Å²) in [7, 11) is -3.81. The second-order valence-electron chi connectivity index (χ2n) is 6.01. The minimum Gasteiger partial charge on any atom is -0.326 e. The van der Waals surface area contributed by atoms with Gasteiger partial charge in [-0.3, -0.25) is 0 Å². The fourth-order valence-electron chi connectivity index (χ4n) is 3.04. The number of hydrogen-bond acceptors (Lipinski definition) is 3. The first-order valence-electron chi connectivity index (χ1n) is 7.57. The predicted molar refractivity (Wildman–Crippen MR) is 104 cm³/mol. The molecule has 3 rings (SSSR count). The first-order chi connectivity index (χ1) is 11.3. The molecule has 0 bridgehead atoms. The highest BCUT2D eigenvalue weighted by molar-refractivity contribution is 7.89. The van der Waals surface area contributed by atoms with Crippen molar-refractivity contribution in [1.82, 2.24) is 4.31 Å². The predicted octanol–water partition coefficient (Wildman–Crippen LogP) is 3.84. The lowest BCUT2D eigenvalue weighted by Gasteiger charge is -2.19. The van der Waals surface area contributed by atoms with Gasteiger partial charge < -0.3 is 5.73 Å². The van der Waals surface area contributed by atoms with Gasteiger partial charge in [0.2, 0.25) is 10.0 Å². The Bertz CT molecular complexity index is 860. The summed E-state index contributed by atoms with van der Waals surface area (Å²) in [4.78, 5) is -0.0354. The number of hydrogen-bond donors (Lipinski definition) is 1. The Morgan fingerprint density at radius 1 is 1.08 bits per heavy atom. The number of nitrogens with zero attached hydrogens (tertiary/aromatic N) is 1. The zero-order valence-corrected chi connectivity index (χ0v) is 16.7. The molecule has 0 spiro atoms. The maximum Gasteiger partial charge on any atom is 0.246 e. The minimum atomic E-state index is -3.81. The molecule has 1 heterocycles. The van der Waals surface area contributed by atoms with Crippen LogP contribution < -0.4 is 5.73 Å². The van der Waals surface area contributed by atoms with Crippen molar-refractivity contribution in [3.8, 4) is 0 Å². The van der Waals surface area contributed by atoms with Crippen molar-refractivity contribution in [1.29, 1.82) is 0 Å². The molecule has 0 unspecified atom stereocenters. The van der Waals surface area contributed by atoms with Crippen molar-refractivity contribution in [2.24, 2.45) is 5.73 Å². The Hall–Kier alpha value is -0.820. The average Bonchev–Trinajstić information content (AvgIpc) is 2.95. The summed E-state index contributed by atoms with van der Waals surface area (Å²) in [6.45, 7) is 2.30. The van der Waals surface area contributed by atoms with Crippen LogP contribution in [0.15, 0.2) is 47.4 Å². The van der Waals surface area contributed by atoms with Crippen molar-refractivity contribution >= 4 is 45.6 Å². The first-order valence-corrected chi connectivity index (χ1v) is 9.77. The Balaban J connectivity index is 0.00000225. The Morgan fingerprint density at radius 3 is 2.36 bits per heavy atom. The lowest BCUT2D eigenvalue weighted by atomic mass is 9.95. The summed E-state index contributed by atoms with van der Waals surface area (Å²) in [5.74, 6) is -0.0525. The molecule has 4 nitrogen and oxygen atoms in total. The molecule has 1 aliphatic rings. The number of benzene rings is 2. The van der Waals surface area contributed by atoms with Crippen molar-refractivity contribution in [3.63, 3.8) is 0 Å². The fourth-order valence-corrected chi connectivity index (χ4v) is 5.68. The summed E-state index contributed by atoms with van der Waals surface area (Å²) in [6.07, 6.45) is 0. The summed E-state index contributed by atoms with van der Waals surface area (Å²) in [5.41, 5.74) is 7.91. The number of nitrogens with two attached hydrogens (primary N) is 1. The van der Waals surface area contributed by atoms with Crippen LogP contribution >= 0.6 is 35.6 Å². The maximum absolute atomic E-state index is 13.1. The first kappa shape index (κ1) is 20.5. The molecule has 2 atom stereocenters. The molecule has 8 heteroatoms. The van der Waals surface area contributed by atoms with Crippen LogP contribution in [0, 0.1) is 6.92 Å². The quantitative estimate of drug-likeness (QED) is 0.819. The SMILES string of the molecule is Cc1ccc(Cl)c(S(=O)(=O)N2C[C@@H](N)[C@H](c3ccccc3)C2)c1Cl.Cl. The molecule has 136 valence electrons. The van der Waals surface area contributed by atoms with E-state index in [-0.39, 0.29) is 45.9 Å². The van der Waals surface area contributed by atoms with E-state index >= 15 is 0 Å². The molecular weight excluding hydrogens is 403 g/mol. The van der Waals surface area contributed by atoms with Crippen molar-refractivity contribution < 1.29 is 8.42 Å². The lowest BCUT2D eigenvalue weighted by molar-refractivity contribution is 0.470. The highest BCUT2D eigenvalue weighted by atomic mass is 35.5. The lowest BCUT2D eigenvalue weighted by Crippen LogP contribution is -2.32. The molecule has 0 saturated carbocycles. The molecule has 0 aliphatic carbocycles. The average molecular weight is 422 g/mol. The van der Waals surface area contributed by atoms with Crippen LogP contribution in [0.1, 0.15) is 17.0 Å². The maximum atomic E-state index is 13.1. The van der Waals surface area contributed by atoms with Crippen LogP contribution in [-0.2, 0) is 10.0 Å². The minimum absolute atomic E-state index is 0. The fraction of sp³-hybridized carbons (Fsp3) is 0.294. The van der Waals surface area contributed by atoms with E-state index in [9.17, 15) is 8.42 Å². The largest absolute Gasteiger partial charge is 0.326 e. The van der Waals surface area contributed by atoms with Crippen LogP contribution in [0.25, 0.3) is 0 Å². The van der Waals surface area contributed by atoms with E-state index in [1.54, 1.807) is 19.1 Å². The van der Waals surface area contributed by atoms with Crippen LogP contribution in [0.3, 0.4) is 0 Å². The van der Waals surface area contributed by atoms with Crippen LogP contribution in [0.4, 0.5) is 0 Å². The highest BCUT2D eigenvalue weighted by Crippen LogP contribution is 2.37. The molecule has 0 amide bonds. The van der Waals surface area contributed by atoms with E-state index in [2.05, 4.69) is 0 Å². The van der Waals surface area contributed by atoms with Gasteiger partial charge in [0.25, 0.3) is 0 Å². The van der Waals surface area contributed by atoms with Gasteiger partial charge in [0.1, 0.15) is 4.90 Å². The van der Waals surface area contributed by atoms with Gasteiger partial charge in [-0.25, -0.2) is 8.42 Å². The molecule has 1 fully saturated rings. The molecule has 2 N–H and O–H groups in total. The van der Waals surface area contributed by atoms with E-state index in [1.807, 2.05) is 30.3 Å². The Morgan fingerprint density at radius 2 is 1.72 bits per heavy atom. The van der Waals surface area contributed by atoms with Gasteiger partial charge in [-0.1, -0.05) is 59.6 Å². The molecule has 2 aromatic carbocycles. The standard InChI is InChI=1S/C17H18Cl2N2O2S.ClH/c1-11-7-8-14(18)17(16(11)19)24(22,23)21-9-13(15(20)10-21)12-5-3-2-4-6-12;/h2-8,13,15H,9-10,20H2,1H3;1H/t13-,15+;/m0./s1. The second-order valence-corrected chi connectivity index (χ2v) is 8.67. The topological polar surface area (TPSA) is 63.4 Å². The van der Waals surface area contributed by atoms with Crippen molar-refractivity contribution in [3.05, 3.63) is 63.6 Å². The van der Waals surface area contributed by atoms with Crippen LogP contribution in [-0.4, -0.2) is 31.9 Å². The third-order valence-electron chi connectivity index (χ3n) is 4.40. The molecule has 1 saturated heterocycles. The molecule has 1 aliphatic heterocycles. The van der Waals surface area contributed by atoms with Crippen molar-refractivity contribution in [2.75, 3.05) is 13.1 Å². The number of rotatable bonds is 3. The van der Waals surface area contributed by atoms with Gasteiger partial charge in [0, 0.05) is 25.0 Å². The molecular formula is C17H19Cl3N2O2S. The Kier molecular flexibility index (Phi) is 6.41. The summed E-state index contributed by atoms with van der Waals surface area (Å²) < 4.78 is 27.5. The Labute approximate surface area is 164 Å². The molecule has 0 aromatic heterocycles. The third-order valence-corrected chi connectivity index (χ3v) is 7.34. The van der Waals surface area contributed by atoms with E-state index in [4.69, 9.17) is 28.9 Å². The van der Waals surface area contributed by atoms with E-state index in [0.29, 0.717) is 12.1 Å². The summed E-state index contributed by atoms with van der Waals surface area (Å²) in [6, 6.07) is 12.7. The van der Waals surface area contributed by atoms with Gasteiger partial charge in [0.05, 0.1) is 10.0 Å². The smallest absolute Gasteiger partial charge is 0.246 e. The molecule has 0 radical (unpaired) electrons. The van der Waals surface area contributed by atoms with E-state index < -0.39 is 10.0 Å². The van der Waals surface area contributed by atoms with Gasteiger partial charge in [-0.05, 0) is 24.1 Å². The summed E-state index contributed by atoms with van der Waals surface area (Å²) >= 11 is 12.4. The number of sulfonamides is 1. The number of aryl methyl sites for hydroxylation is 1. The normalized spacial score (nSPS) is 21.1. The van der Waals surface area contributed by atoms with Crippen molar-refractivity contribution in [2.45, 2.75) is 23.8 Å². The zero-order chi connectivity index (χ0) is 17.5. The highest BCUT2D eigenvalue weighted by Gasteiger charge is 2.40. The van der Waals surface area contributed by atoms with Crippen LogP contribution in [0.5, 0.6) is 0 Å². The van der Waals surface area contributed by atoms with E-state index in [1.165, 1.54) is 4.31 Å². The number of halogens is 3. The van der Waals surface area contributed by atoms with Gasteiger partial charge in [0.15, 0.2) is 0 Å². The second kappa shape index (κ2) is 7.82. The van der Waals surface area contributed by atoms with Crippen LogP contribution in [0.2, 0.25) is 10.0 Å². The third kappa shape index (κ3) is 3.82.